The zero-order valence-corrected chi connectivity index (χ0v) is 54.3. The van der Waals surface area contributed by atoms with Gasteiger partial charge in [0.05, 0.1) is 25.4 Å². The minimum absolute atomic E-state index is 0.00539. The molecule has 474 valence electrons. The lowest BCUT2D eigenvalue weighted by atomic mass is 10.0. The quantitative estimate of drug-likeness (QED) is 0.0320. The molecule has 0 aliphatic rings. The molecule has 0 aliphatic heterocycles. The lowest BCUT2D eigenvalue weighted by Gasteiger charge is -2.22. The van der Waals surface area contributed by atoms with Gasteiger partial charge in [0, 0.05) is 12.8 Å². The number of nitrogens with one attached hydrogen (secondary N) is 1. The van der Waals surface area contributed by atoms with Crippen molar-refractivity contribution in [2.45, 2.75) is 424 Å². The van der Waals surface area contributed by atoms with Gasteiger partial charge in [0.1, 0.15) is 0 Å². The third-order valence-corrected chi connectivity index (χ3v) is 17.2. The number of aliphatic hydroxyl groups is 2. The van der Waals surface area contributed by atoms with Crippen molar-refractivity contribution in [3.05, 3.63) is 24.3 Å². The van der Waals surface area contributed by atoms with E-state index >= 15 is 0 Å². The predicted octanol–water partition coefficient (Wildman–Crippen LogP) is 23.7. The number of ether oxygens (including phenoxy) is 1. The van der Waals surface area contributed by atoms with E-state index in [-0.39, 0.29) is 18.5 Å². The van der Waals surface area contributed by atoms with E-state index in [0.29, 0.717) is 25.9 Å². The Morgan fingerprint density at radius 3 is 1.00 bits per heavy atom. The Kier molecular flexibility index (Phi) is 68.4. The Bertz CT molecular complexity index is 1250. The summed E-state index contributed by atoms with van der Waals surface area (Å²) in [6.45, 7) is 4.93. The first kappa shape index (κ1) is 78.3. The minimum atomic E-state index is -0.662. The Morgan fingerprint density at radius 1 is 0.350 bits per heavy atom. The average Bonchev–Trinajstić information content (AvgIpc) is 3.46. The van der Waals surface area contributed by atoms with Crippen molar-refractivity contribution in [1.82, 2.24) is 5.32 Å². The fourth-order valence-electron chi connectivity index (χ4n) is 11.7. The van der Waals surface area contributed by atoms with Crippen LogP contribution in [0.2, 0.25) is 0 Å². The van der Waals surface area contributed by atoms with Crippen LogP contribution in [0.3, 0.4) is 0 Å². The van der Waals surface area contributed by atoms with Crippen molar-refractivity contribution in [3.8, 4) is 0 Å². The summed E-state index contributed by atoms with van der Waals surface area (Å²) in [5.41, 5.74) is 0. The first-order valence-corrected chi connectivity index (χ1v) is 36.6. The van der Waals surface area contributed by atoms with E-state index in [4.69, 9.17) is 4.74 Å². The highest BCUT2D eigenvalue weighted by atomic mass is 16.5. The van der Waals surface area contributed by atoms with E-state index in [0.717, 1.165) is 51.4 Å². The molecule has 0 fully saturated rings. The molecule has 2 unspecified atom stereocenters. The van der Waals surface area contributed by atoms with E-state index in [9.17, 15) is 19.8 Å². The second kappa shape index (κ2) is 69.8. The van der Waals surface area contributed by atoms with Crippen molar-refractivity contribution in [3.63, 3.8) is 0 Å². The summed E-state index contributed by atoms with van der Waals surface area (Å²) in [5, 5.41) is 23.4. The monoisotopic (exact) mass is 1130 g/mol. The molecule has 0 aliphatic carbocycles. The zero-order valence-electron chi connectivity index (χ0n) is 54.3. The maximum atomic E-state index is 12.5. The second-order valence-corrected chi connectivity index (χ2v) is 25.3. The van der Waals surface area contributed by atoms with Crippen molar-refractivity contribution in [2.75, 3.05) is 13.2 Å². The highest BCUT2D eigenvalue weighted by Gasteiger charge is 2.20. The number of carbonyl (C=O) groups is 2. The van der Waals surface area contributed by atoms with Crippen LogP contribution in [0, 0.1) is 0 Å². The molecule has 0 rings (SSSR count). The SMILES string of the molecule is CCC/C=C\C/C=C\CCCCCCCC(=O)OCCCCCCCCCCCCCCCCCCCCCCCCCCCCCCCCC(=O)NC(CO)C(O)CCCCCCCCCCCCCCCCCCCCCC. The van der Waals surface area contributed by atoms with Crippen LogP contribution in [0.25, 0.3) is 0 Å². The molecule has 0 radical (unpaired) electrons. The van der Waals surface area contributed by atoms with Crippen LogP contribution >= 0.6 is 0 Å². The molecule has 0 aromatic carbocycles. The van der Waals surface area contributed by atoms with Gasteiger partial charge in [-0.1, -0.05) is 372 Å². The highest BCUT2D eigenvalue weighted by molar-refractivity contribution is 5.76. The summed E-state index contributed by atoms with van der Waals surface area (Å²) in [6, 6.07) is -0.539. The molecular formula is C74H143NO5. The predicted molar refractivity (Wildman–Crippen MR) is 352 cm³/mol. The lowest BCUT2D eigenvalue weighted by Crippen LogP contribution is -2.45. The molecule has 3 N–H and O–H groups in total. The van der Waals surface area contributed by atoms with Crippen LogP contribution in [0.4, 0.5) is 0 Å². The Morgan fingerprint density at radius 2 is 0.650 bits per heavy atom. The minimum Gasteiger partial charge on any atom is -0.466 e. The van der Waals surface area contributed by atoms with Crippen LogP contribution in [0.1, 0.15) is 412 Å². The van der Waals surface area contributed by atoms with E-state index in [2.05, 4.69) is 43.5 Å². The van der Waals surface area contributed by atoms with Crippen molar-refractivity contribution < 1.29 is 24.5 Å². The number of hydrogen-bond donors (Lipinski definition) is 3. The van der Waals surface area contributed by atoms with Crippen LogP contribution in [-0.2, 0) is 14.3 Å². The van der Waals surface area contributed by atoms with Crippen LogP contribution in [0.15, 0.2) is 24.3 Å². The molecule has 0 saturated heterocycles. The van der Waals surface area contributed by atoms with Gasteiger partial charge in [-0.25, -0.2) is 0 Å². The summed E-state index contributed by atoms with van der Waals surface area (Å²) in [4.78, 5) is 24.6. The number of aliphatic hydroxyl groups excluding tert-OH is 2. The van der Waals surface area contributed by atoms with Crippen molar-refractivity contribution >= 4 is 11.9 Å². The summed E-state index contributed by atoms with van der Waals surface area (Å²) < 4.78 is 5.48. The molecule has 0 heterocycles. The standard InChI is InChI=1S/C74H143NO5/c1-3-5-7-9-11-13-15-17-18-19-20-33-36-39-43-46-50-54-58-62-66-72(77)71(70-76)75-73(78)67-63-59-55-51-47-44-40-37-34-31-29-27-25-23-21-22-24-26-28-30-32-35-38-41-45-49-53-57-61-65-69-80-74(79)68-64-60-56-52-48-42-16-14-12-10-8-6-4-2/h8,10,14,16,71-72,76-77H,3-7,9,11-13,15,17-70H2,1-2H3,(H,75,78)/b10-8-,16-14-. The number of esters is 1. The maximum Gasteiger partial charge on any atom is 0.305 e. The third-order valence-electron chi connectivity index (χ3n) is 17.2. The van der Waals surface area contributed by atoms with Gasteiger partial charge in [-0.2, -0.15) is 0 Å². The number of rotatable bonds is 69. The molecule has 0 saturated carbocycles. The molecule has 1 amide bonds. The summed E-state index contributed by atoms with van der Waals surface area (Å²) >= 11 is 0. The highest BCUT2D eigenvalue weighted by Crippen LogP contribution is 2.20. The number of amides is 1. The first-order chi connectivity index (χ1) is 39.5. The molecule has 6 nitrogen and oxygen atoms in total. The number of unbranched alkanes of at least 4 members (excludes halogenated alkanes) is 54. The number of carbonyl (C=O) groups excluding carboxylic acids is 2. The molecule has 80 heavy (non-hydrogen) atoms. The Balaban J connectivity index is 3.34. The Labute approximate surface area is 501 Å². The van der Waals surface area contributed by atoms with Gasteiger partial charge in [-0.3, -0.25) is 9.59 Å². The van der Waals surface area contributed by atoms with E-state index in [1.807, 2.05) is 0 Å². The van der Waals surface area contributed by atoms with Gasteiger partial charge in [0.15, 0.2) is 0 Å². The van der Waals surface area contributed by atoms with Gasteiger partial charge in [-0.15, -0.1) is 0 Å². The smallest absolute Gasteiger partial charge is 0.305 e. The number of hydrogen-bond acceptors (Lipinski definition) is 5. The molecule has 0 aromatic rings. The van der Waals surface area contributed by atoms with Crippen LogP contribution in [-0.4, -0.2) is 47.4 Å². The molecule has 0 bridgehead atoms. The maximum absolute atomic E-state index is 12.5. The molecule has 2 atom stereocenters. The fourth-order valence-corrected chi connectivity index (χ4v) is 11.7. The fraction of sp³-hybridized carbons (Fsp3) is 0.919. The number of allylic oxidation sites excluding steroid dienone is 4. The van der Waals surface area contributed by atoms with Crippen LogP contribution in [0.5, 0.6) is 0 Å². The van der Waals surface area contributed by atoms with E-state index in [1.54, 1.807) is 0 Å². The van der Waals surface area contributed by atoms with Gasteiger partial charge in [-0.05, 0) is 51.4 Å². The van der Waals surface area contributed by atoms with E-state index < -0.39 is 12.1 Å². The molecule has 0 spiro atoms. The second-order valence-electron chi connectivity index (χ2n) is 25.3. The van der Waals surface area contributed by atoms with Gasteiger partial charge >= 0.3 is 5.97 Å². The first-order valence-electron chi connectivity index (χ1n) is 36.6. The molecule has 6 heteroatoms. The summed E-state index contributed by atoms with van der Waals surface area (Å²) in [5.74, 6) is -0.0211. The van der Waals surface area contributed by atoms with Crippen LogP contribution < -0.4 is 5.32 Å². The largest absolute Gasteiger partial charge is 0.466 e. The van der Waals surface area contributed by atoms with E-state index in [1.165, 1.54) is 327 Å². The summed E-state index contributed by atoms with van der Waals surface area (Å²) in [6.07, 6.45) is 88.1. The van der Waals surface area contributed by atoms with Gasteiger partial charge < -0.3 is 20.3 Å². The van der Waals surface area contributed by atoms with Gasteiger partial charge in [0.25, 0.3) is 0 Å². The Hall–Kier alpha value is -1.66. The third kappa shape index (κ3) is 65.5. The van der Waals surface area contributed by atoms with Gasteiger partial charge in [0.2, 0.25) is 5.91 Å². The zero-order chi connectivity index (χ0) is 57.8. The average molecular weight is 1130 g/mol. The van der Waals surface area contributed by atoms with Crippen molar-refractivity contribution in [1.29, 1.82) is 0 Å². The van der Waals surface area contributed by atoms with Crippen molar-refractivity contribution in [2.24, 2.45) is 0 Å². The normalized spacial score (nSPS) is 12.6. The molecule has 0 aromatic heterocycles. The lowest BCUT2D eigenvalue weighted by molar-refractivity contribution is -0.143. The summed E-state index contributed by atoms with van der Waals surface area (Å²) in [7, 11) is 0. The molecular weight excluding hydrogens is 983 g/mol. The topological polar surface area (TPSA) is 95.9 Å².